The van der Waals surface area contributed by atoms with E-state index >= 15 is 0 Å². The van der Waals surface area contributed by atoms with Crippen LogP contribution in [0.15, 0.2) is 0 Å². The van der Waals surface area contributed by atoms with Crippen molar-refractivity contribution in [1.29, 1.82) is 0 Å². The summed E-state index contributed by atoms with van der Waals surface area (Å²) in [5, 5.41) is 0. The van der Waals surface area contributed by atoms with Crippen molar-refractivity contribution >= 4 is 21.4 Å². The maximum atomic E-state index is 12.2. The van der Waals surface area contributed by atoms with Gasteiger partial charge in [0.1, 0.15) is 6.61 Å². The molecule has 0 aliphatic rings. The van der Waals surface area contributed by atoms with E-state index in [1.165, 1.54) is 141 Å². The zero-order valence-electron chi connectivity index (χ0n) is 28.3. The number of unbranched alkanes of at least 4 members (excludes halogenated alkanes) is 24. The van der Waals surface area contributed by atoms with Gasteiger partial charge >= 0.3 is 41.5 Å². The largest absolute Gasteiger partial charge is 1.00 e. The maximum Gasteiger partial charge on any atom is 1.00 e. The van der Waals surface area contributed by atoms with Crippen LogP contribution in [0.4, 0.5) is 0 Å². The summed E-state index contributed by atoms with van der Waals surface area (Å²) in [5.74, 6) is -0.464. The summed E-state index contributed by atoms with van der Waals surface area (Å²) in [6, 6.07) is 0. The molecule has 0 heterocycles. The van der Waals surface area contributed by atoms with Crippen LogP contribution in [0.1, 0.15) is 194 Å². The minimum Gasteiger partial charge on any atom is -0.558 e. The molecule has 0 saturated heterocycles. The molecule has 0 spiro atoms. The Morgan fingerprint density at radius 3 is 1.12 bits per heavy atom. The second-order valence-corrected chi connectivity index (χ2v) is 12.4. The van der Waals surface area contributed by atoms with E-state index < -0.39 is 6.10 Å². The van der Waals surface area contributed by atoms with Gasteiger partial charge in [0.05, 0.1) is 6.61 Å². The van der Waals surface area contributed by atoms with Gasteiger partial charge in [-0.1, -0.05) is 168 Å². The predicted octanol–water partition coefficient (Wildman–Crippen LogP) is 8.48. The third-order valence-corrected chi connectivity index (χ3v) is 8.13. The van der Waals surface area contributed by atoms with Crippen molar-refractivity contribution in [3.8, 4) is 0 Å². The molecule has 0 aromatic heterocycles. The van der Waals surface area contributed by atoms with Gasteiger partial charge in [-0.05, 0) is 12.8 Å². The van der Waals surface area contributed by atoms with Crippen molar-refractivity contribution in [3.63, 3.8) is 0 Å². The molecule has 0 radical (unpaired) electrons. The number of rotatable bonds is 33. The maximum absolute atomic E-state index is 12.2. The first-order valence-corrected chi connectivity index (χ1v) is 18.2. The van der Waals surface area contributed by atoms with Crippen LogP contribution in [-0.2, 0) is 23.6 Å². The van der Waals surface area contributed by atoms with Crippen LogP contribution >= 0.6 is 9.47 Å². The monoisotopic (exact) mass is 622 g/mol. The molecule has 42 heavy (non-hydrogen) atoms. The van der Waals surface area contributed by atoms with E-state index in [0.717, 1.165) is 25.7 Å². The molecule has 0 N–H and O–H groups in total. The Bertz CT molecular complexity index is 563. The third-order valence-electron chi connectivity index (χ3n) is 7.97. The van der Waals surface area contributed by atoms with E-state index in [1.54, 1.807) is 0 Å². The SMILES string of the molecule is CCCCCCCCCCCCCCCC(=O)OCC(CO[PH-])OC(=O)CCCCCCCCCCCCCCC.[Na+]. The first-order chi connectivity index (χ1) is 20.1. The van der Waals surface area contributed by atoms with Crippen molar-refractivity contribution < 1.29 is 53.1 Å². The fraction of sp³-hybridized carbons (Fsp3) is 0.943. The molecule has 0 rings (SSSR count). The molecule has 0 fully saturated rings. The molecule has 244 valence electrons. The average molecular weight is 623 g/mol. The van der Waals surface area contributed by atoms with Gasteiger partial charge in [-0.15, -0.1) is 0 Å². The van der Waals surface area contributed by atoms with Gasteiger partial charge in [0.15, 0.2) is 6.10 Å². The first-order valence-electron chi connectivity index (χ1n) is 17.8. The van der Waals surface area contributed by atoms with Gasteiger partial charge in [-0.3, -0.25) is 9.59 Å². The Morgan fingerprint density at radius 1 is 0.476 bits per heavy atom. The molecule has 0 aromatic carbocycles. The minimum absolute atomic E-state index is 0. The third kappa shape index (κ3) is 34.8. The summed E-state index contributed by atoms with van der Waals surface area (Å²) >= 11 is 0. The molecule has 5 nitrogen and oxygen atoms in total. The number of carbonyl (C=O) groups excluding carboxylic acids is 2. The normalized spacial score (nSPS) is 11.7. The van der Waals surface area contributed by atoms with Gasteiger partial charge in [-0.25, -0.2) is 0 Å². The molecule has 1 atom stereocenters. The van der Waals surface area contributed by atoms with Crippen LogP contribution in [0.5, 0.6) is 0 Å². The fourth-order valence-electron chi connectivity index (χ4n) is 5.29. The summed E-state index contributed by atoms with van der Waals surface area (Å²) in [4.78, 5) is 24.4. The summed E-state index contributed by atoms with van der Waals surface area (Å²) < 4.78 is 15.8. The van der Waals surface area contributed by atoms with Crippen molar-refractivity contribution in [2.24, 2.45) is 0 Å². The van der Waals surface area contributed by atoms with E-state index in [4.69, 9.17) is 14.0 Å². The summed E-state index contributed by atoms with van der Waals surface area (Å²) in [6.45, 7) is 4.74. The number of esters is 2. The second-order valence-electron chi connectivity index (χ2n) is 12.1. The summed E-state index contributed by atoms with van der Waals surface area (Å²) in [7, 11) is 2.98. The number of carbonyl (C=O) groups is 2. The molecule has 1 unspecified atom stereocenters. The molecule has 0 amide bonds. The van der Waals surface area contributed by atoms with Gasteiger partial charge in [-0.2, -0.15) is 0 Å². The molecule has 0 aliphatic heterocycles. The molecule has 0 bridgehead atoms. The quantitative estimate of drug-likeness (QED) is 0.0318. The van der Waals surface area contributed by atoms with Crippen LogP contribution in [0.3, 0.4) is 0 Å². The van der Waals surface area contributed by atoms with Gasteiger partial charge in [0.25, 0.3) is 0 Å². The standard InChI is InChI=1S/C35H68O5P.Na/c1-3-5-7-9-11-13-15-17-19-21-23-25-27-29-34(36)38-31-33(32-39-41)40-35(37)30-28-26-24-22-20-18-16-14-12-10-8-6-4-2;/h33,41H,3-32H2,1-2H3;/q-1;+1. The zero-order chi connectivity index (χ0) is 30.1. The zero-order valence-corrected chi connectivity index (χ0v) is 31.3. The van der Waals surface area contributed by atoms with Crippen molar-refractivity contribution in [3.05, 3.63) is 0 Å². The Kier molecular flexibility index (Phi) is 39.7. The second kappa shape index (κ2) is 37.5. The summed E-state index contributed by atoms with van der Waals surface area (Å²) in [6.07, 6.45) is 33.5. The topological polar surface area (TPSA) is 61.8 Å². The number of ether oxygens (including phenoxy) is 2. The first kappa shape index (κ1) is 44.5. The molecule has 0 saturated carbocycles. The minimum atomic E-state index is -0.572. The molecule has 7 heteroatoms. The van der Waals surface area contributed by atoms with Crippen LogP contribution in [0.25, 0.3) is 0 Å². The Morgan fingerprint density at radius 2 is 0.786 bits per heavy atom. The van der Waals surface area contributed by atoms with Crippen LogP contribution < -0.4 is 29.6 Å². The predicted molar refractivity (Wildman–Crippen MR) is 176 cm³/mol. The van der Waals surface area contributed by atoms with Crippen molar-refractivity contribution in [1.82, 2.24) is 0 Å². The van der Waals surface area contributed by atoms with Gasteiger partial charge in [0, 0.05) is 12.8 Å². The summed E-state index contributed by atoms with van der Waals surface area (Å²) in [5.41, 5.74) is 0. The van der Waals surface area contributed by atoms with E-state index in [0.29, 0.717) is 12.8 Å². The van der Waals surface area contributed by atoms with E-state index in [2.05, 4.69) is 23.3 Å². The molecule has 0 aromatic rings. The smallest absolute Gasteiger partial charge is 0.558 e. The Hall–Kier alpha value is 0.330. The van der Waals surface area contributed by atoms with Gasteiger partial charge < -0.3 is 23.5 Å². The van der Waals surface area contributed by atoms with Crippen molar-refractivity contribution in [2.45, 2.75) is 200 Å². The molecule has 0 aliphatic carbocycles. The van der Waals surface area contributed by atoms with Crippen LogP contribution in [-0.4, -0.2) is 31.3 Å². The van der Waals surface area contributed by atoms with E-state index in [9.17, 15) is 9.59 Å². The average Bonchev–Trinajstić information content (AvgIpc) is 2.96. The van der Waals surface area contributed by atoms with E-state index in [1.807, 2.05) is 0 Å². The van der Waals surface area contributed by atoms with Crippen molar-refractivity contribution in [2.75, 3.05) is 13.2 Å². The molecular formula is C35H68NaO5P. The fourth-order valence-corrected chi connectivity index (χ4v) is 5.47. The molecular weight excluding hydrogens is 554 g/mol. The Balaban J connectivity index is 0. The van der Waals surface area contributed by atoms with E-state index in [-0.39, 0.29) is 54.7 Å². The van der Waals surface area contributed by atoms with Gasteiger partial charge in [0.2, 0.25) is 0 Å². The van der Waals surface area contributed by atoms with Crippen LogP contribution in [0, 0.1) is 0 Å². The number of hydrogen-bond donors (Lipinski definition) is 0. The number of hydrogen-bond acceptors (Lipinski definition) is 5. The Labute approximate surface area is 286 Å². The van der Waals surface area contributed by atoms with Crippen LogP contribution in [0.2, 0.25) is 0 Å².